The van der Waals surface area contributed by atoms with Crippen LogP contribution < -0.4 is 4.74 Å². The summed E-state index contributed by atoms with van der Waals surface area (Å²) in [7, 11) is 1.58. The van der Waals surface area contributed by atoms with E-state index in [0.29, 0.717) is 53.4 Å². The molecule has 0 radical (unpaired) electrons. The highest BCUT2D eigenvalue weighted by Crippen LogP contribution is 2.38. The Hall–Kier alpha value is -4.78. The summed E-state index contributed by atoms with van der Waals surface area (Å²) in [5, 5.41) is 15.6. The topological polar surface area (TPSA) is 102 Å². The van der Waals surface area contributed by atoms with Crippen molar-refractivity contribution in [2.45, 2.75) is 50.4 Å². The minimum Gasteiger partial charge on any atom is -0.511 e. The molecule has 42 heavy (non-hydrogen) atoms. The van der Waals surface area contributed by atoms with E-state index in [-0.39, 0.29) is 54.0 Å². The fourth-order valence-corrected chi connectivity index (χ4v) is 6.09. The van der Waals surface area contributed by atoms with Gasteiger partial charge in [0.1, 0.15) is 23.0 Å². The van der Waals surface area contributed by atoms with Crippen molar-refractivity contribution in [2.75, 3.05) is 7.11 Å². The average Bonchev–Trinajstić information content (AvgIpc) is 3.44. The molecule has 6 rings (SSSR count). The van der Waals surface area contributed by atoms with Crippen LogP contribution >= 0.6 is 0 Å². The van der Waals surface area contributed by atoms with Gasteiger partial charge in [-0.05, 0) is 41.5 Å². The number of aliphatic hydroxyl groups excluding tert-OH is 1. The number of benzene rings is 3. The van der Waals surface area contributed by atoms with E-state index in [2.05, 4.69) is 5.16 Å². The van der Waals surface area contributed by atoms with Gasteiger partial charge in [-0.2, -0.15) is 0 Å². The SMILES string of the molecule is COc1ccccc1N=C1CC(c2ccccc2)CC(=O)/C1=C(/O)CCc1noc2c1C(=O)CC(c1ccccc1)C2. The molecule has 4 aromatic rings. The second-order valence-corrected chi connectivity index (χ2v) is 10.9. The van der Waals surface area contributed by atoms with Crippen LogP contribution in [-0.4, -0.2) is 34.7 Å². The summed E-state index contributed by atoms with van der Waals surface area (Å²) in [6.45, 7) is 0. The molecule has 1 fully saturated rings. The zero-order chi connectivity index (χ0) is 29.1. The monoisotopic (exact) mass is 560 g/mol. The number of rotatable bonds is 7. The van der Waals surface area contributed by atoms with Crippen LogP contribution in [0.5, 0.6) is 5.75 Å². The first-order valence-corrected chi connectivity index (χ1v) is 14.3. The van der Waals surface area contributed by atoms with Crippen molar-refractivity contribution in [3.8, 4) is 5.75 Å². The smallest absolute Gasteiger partial charge is 0.168 e. The molecule has 1 saturated carbocycles. The molecule has 0 bridgehead atoms. The number of carbonyl (C=O) groups is 2. The van der Waals surface area contributed by atoms with E-state index >= 15 is 0 Å². The first kappa shape index (κ1) is 27.4. The van der Waals surface area contributed by atoms with E-state index in [1.165, 1.54) is 0 Å². The van der Waals surface area contributed by atoms with Crippen LogP contribution in [0.4, 0.5) is 5.69 Å². The number of carbonyl (C=O) groups excluding carboxylic acids is 2. The first-order valence-electron chi connectivity index (χ1n) is 14.3. The number of aryl methyl sites for hydroxylation is 1. The molecule has 2 aliphatic rings. The van der Waals surface area contributed by atoms with E-state index in [9.17, 15) is 14.7 Å². The van der Waals surface area contributed by atoms with Crippen LogP contribution in [0, 0.1) is 0 Å². The molecule has 7 heteroatoms. The van der Waals surface area contributed by atoms with Gasteiger partial charge in [0, 0.05) is 32.1 Å². The van der Waals surface area contributed by atoms with Crippen molar-refractivity contribution in [1.29, 1.82) is 0 Å². The van der Waals surface area contributed by atoms with Crippen LogP contribution in [0.25, 0.3) is 0 Å². The third kappa shape index (κ3) is 5.55. The summed E-state index contributed by atoms with van der Waals surface area (Å²) in [5.41, 5.74) is 4.53. The number of ketones is 2. The maximum Gasteiger partial charge on any atom is 0.168 e. The second kappa shape index (κ2) is 12.0. The fraction of sp³-hybridized carbons (Fsp3) is 0.257. The maximum absolute atomic E-state index is 13.6. The Morgan fingerprint density at radius 2 is 1.48 bits per heavy atom. The van der Waals surface area contributed by atoms with Crippen molar-refractivity contribution >= 4 is 23.0 Å². The molecule has 7 nitrogen and oxygen atoms in total. The molecular weight excluding hydrogens is 528 g/mol. The number of methoxy groups -OCH3 is 1. The Morgan fingerprint density at radius 1 is 0.857 bits per heavy atom. The summed E-state index contributed by atoms with van der Waals surface area (Å²) in [4.78, 5) is 31.6. The highest BCUT2D eigenvalue weighted by molar-refractivity contribution is 6.25. The molecule has 0 aliphatic heterocycles. The van der Waals surface area contributed by atoms with Gasteiger partial charge in [0.05, 0.1) is 29.7 Å². The van der Waals surface area contributed by atoms with E-state index in [1.54, 1.807) is 7.11 Å². The van der Waals surface area contributed by atoms with Gasteiger partial charge in [-0.15, -0.1) is 0 Å². The number of nitrogens with zero attached hydrogens (tertiary/aromatic N) is 2. The Labute approximate surface area is 244 Å². The van der Waals surface area contributed by atoms with Gasteiger partial charge in [-0.25, -0.2) is 4.99 Å². The number of aliphatic imine (C=N–C) groups is 1. The molecule has 2 aliphatic carbocycles. The zero-order valence-electron chi connectivity index (χ0n) is 23.5. The minimum atomic E-state index is -0.162. The van der Waals surface area contributed by atoms with Crippen LogP contribution in [0.2, 0.25) is 0 Å². The summed E-state index contributed by atoms with van der Waals surface area (Å²) < 4.78 is 11.1. The fourth-order valence-electron chi connectivity index (χ4n) is 6.09. The summed E-state index contributed by atoms with van der Waals surface area (Å²) in [6.07, 6.45) is 2.15. The normalized spacial score (nSPS) is 20.8. The van der Waals surface area contributed by atoms with Gasteiger partial charge in [-0.1, -0.05) is 78.0 Å². The Morgan fingerprint density at radius 3 is 2.17 bits per heavy atom. The lowest BCUT2D eigenvalue weighted by Gasteiger charge is -2.26. The Bertz CT molecular complexity index is 1670. The molecule has 3 aromatic carbocycles. The molecular formula is C35H32N2O5. The van der Waals surface area contributed by atoms with Gasteiger partial charge in [0.25, 0.3) is 0 Å². The number of hydrogen-bond acceptors (Lipinski definition) is 7. The van der Waals surface area contributed by atoms with Gasteiger partial charge in [0.2, 0.25) is 0 Å². The predicted molar refractivity (Wildman–Crippen MR) is 160 cm³/mol. The molecule has 1 aromatic heterocycles. The van der Waals surface area contributed by atoms with Gasteiger partial charge >= 0.3 is 0 Å². The van der Waals surface area contributed by atoms with Gasteiger partial charge in [-0.3, -0.25) is 9.59 Å². The van der Waals surface area contributed by atoms with Crippen LogP contribution in [0.15, 0.2) is 106 Å². The first-order chi connectivity index (χ1) is 20.5. The average molecular weight is 561 g/mol. The molecule has 0 spiro atoms. The van der Waals surface area contributed by atoms with Crippen LogP contribution in [0.3, 0.4) is 0 Å². The van der Waals surface area contributed by atoms with E-state index in [0.717, 1.165) is 11.1 Å². The molecule has 2 atom stereocenters. The lowest BCUT2D eigenvalue weighted by Crippen LogP contribution is -2.26. The van der Waals surface area contributed by atoms with Gasteiger partial charge < -0.3 is 14.4 Å². The molecule has 0 saturated heterocycles. The minimum absolute atomic E-state index is 0.00799. The largest absolute Gasteiger partial charge is 0.511 e. The van der Waals surface area contributed by atoms with Gasteiger partial charge in [0.15, 0.2) is 11.6 Å². The van der Waals surface area contributed by atoms with Crippen molar-refractivity contribution in [2.24, 2.45) is 4.99 Å². The maximum atomic E-state index is 13.6. The van der Waals surface area contributed by atoms with Crippen molar-refractivity contribution in [3.63, 3.8) is 0 Å². The number of hydrogen-bond donors (Lipinski definition) is 1. The number of aliphatic hydroxyl groups is 1. The standard InChI is InChI=1S/C35H32N2O5/c1-41-32-15-9-8-14-26(32)36-28-18-24(22-10-4-2-5-11-22)19-30(39)34(28)29(38)17-16-27-35-31(40)20-25(21-33(35)42-37-27)23-12-6-3-7-13-23/h2-15,24-25,38H,16-21H2,1H3/b34-29+,36-28?. The molecule has 1 heterocycles. The Balaban J connectivity index is 1.28. The number of fused-ring (bicyclic) bond motifs is 1. The molecule has 212 valence electrons. The number of ether oxygens (including phenoxy) is 1. The lowest BCUT2D eigenvalue weighted by molar-refractivity contribution is -0.116. The number of para-hydroxylation sites is 2. The van der Waals surface area contributed by atoms with E-state index in [1.807, 2.05) is 84.9 Å². The van der Waals surface area contributed by atoms with Crippen LogP contribution in [0.1, 0.15) is 70.5 Å². The highest BCUT2D eigenvalue weighted by Gasteiger charge is 2.35. The molecule has 2 unspecified atom stereocenters. The third-order valence-electron chi connectivity index (χ3n) is 8.18. The van der Waals surface area contributed by atoms with Crippen molar-refractivity contribution in [3.05, 3.63) is 124 Å². The summed E-state index contributed by atoms with van der Waals surface area (Å²) >= 11 is 0. The molecule has 1 N–H and O–H groups in total. The van der Waals surface area contributed by atoms with Crippen molar-refractivity contribution in [1.82, 2.24) is 5.16 Å². The van der Waals surface area contributed by atoms with E-state index in [4.69, 9.17) is 14.3 Å². The van der Waals surface area contributed by atoms with E-state index < -0.39 is 0 Å². The number of Topliss-reactive ketones (excluding diaryl/α,β-unsaturated/α-hetero) is 2. The lowest BCUT2D eigenvalue weighted by atomic mass is 9.78. The quantitative estimate of drug-likeness (QED) is 0.189. The van der Waals surface area contributed by atoms with Crippen molar-refractivity contribution < 1.29 is 24.0 Å². The summed E-state index contributed by atoms with van der Waals surface area (Å²) in [6, 6.07) is 27.2. The molecule has 0 amide bonds. The Kier molecular flexibility index (Phi) is 7.82. The second-order valence-electron chi connectivity index (χ2n) is 10.9. The zero-order valence-corrected chi connectivity index (χ0v) is 23.5. The predicted octanol–water partition coefficient (Wildman–Crippen LogP) is 7.26. The number of aromatic nitrogens is 1. The number of allylic oxidation sites excluding steroid dienone is 2. The summed E-state index contributed by atoms with van der Waals surface area (Å²) in [5.74, 6) is 0.939. The van der Waals surface area contributed by atoms with Crippen LogP contribution in [-0.2, 0) is 17.6 Å². The third-order valence-corrected chi connectivity index (χ3v) is 8.18. The highest BCUT2D eigenvalue weighted by atomic mass is 16.5.